The molecule has 94 valence electrons. The van der Waals surface area contributed by atoms with Crippen molar-refractivity contribution in [1.82, 2.24) is 0 Å². The van der Waals surface area contributed by atoms with E-state index in [0.717, 1.165) is 11.1 Å². The van der Waals surface area contributed by atoms with Crippen molar-refractivity contribution in [2.24, 2.45) is 0 Å². The molecule has 1 atom stereocenters. The van der Waals surface area contributed by atoms with Crippen LogP contribution in [0.15, 0.2) is 47.3 Å². The fourth-order valence-corrected chi connectivity index (χ4v) is 2.71. The zero-order chi connectivity index (χ0) is 12.6. The van der Waals surface area contributed by atoms with Crippen LogP contribution in [-0.4, -0.2) is 5.11 Å². The Morgan fingerprint density at radius 3 is 2.61 bits per heavy atom. The molecule has 1 aliphatic carbocycles. The molecule has 1 N–H and O–H groups in total. The monoisotopic (exact) mass is 242 g/mol. The maximum Gasteiger partial charge on any atom is 0.115 e. The first-order valence-corrected chi connectivity index (χ1v) is 6.54. The minimum atomic E-state index is -0.973. The Bertz CT molecular complexity index is 522. The third-order valence-corrected chi connectivity index (χ3v) is 4.11. The lowest BCUT2D eigenvalue weighted by molar-refractivity contribution is 0.0993. The Kier molecular flexibility index (Phi) is 2.75. The van der Waals surface area contributed by atoms with Crippen molar-refractivity contribution in [3.05, 3.63) is 59.5 Å². The van der Waals surface area contributed by atoms with E-state index in [1.807, 2.05) is 25.1 Å². The van der Waals surface area contributed by atoms with E-state index in [2.05, 4.69) is 12.1 Å². The summed E-state index contributed by atoms with van der Waals surface area (Å²) < 4.78 is 5.10. The van der Waals surface area contributed by atoms with Gasteiger partial charge in [-0.05, 0) is 42.9 Å². The van der Waals surface area contributed by atoms with Gasteiger partial charge >= 0.3 is 0 Å². The summed E-state index contributed by atoms with van der Waals surface area (Å²) in [5.41, 5.74) is 2.14. The predicted octanol–water partition coefficient (Wildman–Crippen LogP) is 3.80. The van der Waals surface area contributed by atoms with Gasteiger partial charge in [0, 0.05) is 5.56 Å². The molecule has 1 aliphatic rings. The zero-order valence-electron chi connectivity index (χ0n) is 10.6. The lowest BCUT2D eigenvalue weighted by Crippen LogP contribution is -2.25. The summed E-state index contributed by atoms with van der Waals surface area (Å²) in [5.74, 6) is 0.611. The van der Waals surface area contributed by atoms with Gasteiger partial charge in [0.2, 0.25) is 0 Å². The van der Waals surface area contributed by atoms with Gasteiger partial charge in [0.05, 0.1) is 12.5 Å². The van der Waals surface area contributed by atoms with Crippen molar-refractivity contribution in [3.8, 4) is 0 Å². The summed E-state index contributed by atoms with van der Waals surface area (Å²) in [6.45, 7) is 1.84. The van der Waals surface area contributed by atoms with Gasteiger partial charge in [0.1, 0.15) is 5.60 Å². The molecule has 2 aromatic rings. The molecule has 0 amide bonds. The van der Waals surface area contributed by atoms with Gasteiger partial charge in [-0.25, -0.2) is 0 Å². The van der Waals surface area contributed by atoms with Crippen LogP contribution in [0.1, 0.15) is 48.8 Å². The van der Waals surface area contributed by atoms with Crippen LogP contribution in [0.4, 0.5) is 0 Å². The van der Waals surface area contributed by atoms with Crippen molar-refractivity contribution in [1.29, 1.82) is 0 Å². The maximum atomic E-state index is 10.8. The summed E-state index contributed by atoms with van der Waals surface area (Å²) in [6.07, 6.45) is 7.00. The first-order valence-electron chi connectivity index (χ1n) is 6.54. The predicted molar refractivity (Wildman–Crippen MR) is 70.4 cm³/mol. The lowest BCUT2D eigenvalue weighted by atomic mass is 9.74. The largest absolute Gasteiger partial charge is 0.472 e. The van der Waals surface area contributed by atoms with Gasteiger partial charge in [-0.3, -0.25) is 0 Å². The van der Waals surface area contributed by atoms with Crippen LogP contribution in [0.3, 0.4) is 0 Å². The molecule has 3 rings (SSSR count). The number of benzene rings is 1. The lowest BCUT2D eigenvalue weighted by Gasteiger charge is -2.32. The smallest absolute Gasteiger partial charge is 0.115 e. The molecule has 1 fully saturated rings. The Morgan fingerprint density at radius 2 is 2.00 bits per heavy atom. The Balaban J connectivity index is 2.05. The highest BCUT2D eigenvalue weighted by Gasteiger charge is 2.32. The van der Waals surface area contributed by atoms with E-state index in [4.69, 9.17) is 4.42 Å². The van der Waals surface area contributed by atoms with Gasteiger partial charge in [0.25, 0.3) is 0 Å². The Labute approximate surface area is 107 Å². The molecule has 0 spiro atoms. The standard InChI is InChI=1S/C16H18O2/c1-16(17,13-9-10-18-11-13)15-8-3-2-7-14(15)12-5-4-6-12/h2-3,7-12,17H,4-6H2,1H3. The van der Waals surface area contributed by atoms with Crippen molar-refractivity contribution in [2.75, 3.05) is 0 Å². The number of hydrogen-bond donors (Lipinski definition) is 1. The Morgan fingerprint density at radius 1 is 1.22 bits per heavy atom. The summed E-state index contributed by atoms with van der Waals surface area (Å²) in [7, 11) is 0. The van der Waals surface area contributed by atoms with E-state index in [-0.39, 0.29) is 0 Å². The fraction of sp³-hybridized carbons (Fsp3) is 0.375. The Hall–Kier alpha value is -1.54. The van der Waals surface area contributed by atoms with Crippen LogP contribution in [0.25, 0.3) is 0 Å². The van der Waals surface area contributed by atoms with Crippen LogP contribution < -0.4 is 0 Å². The molecule has 2 nitrogen and oxygen atoms in total. The molecule has 18 heavy (non-hydrogen) atoms. The fourth-order valence-electron chi connectivity index (χ4n) is 2.71. The van der Waals surface area contributed by atoms with Gasteiger partial charge in [-0.15, -0.1) is 0 Å². The number of aliphatic hydroxyl groups is 1. The van der Waals surface area contributed by atoms with Gasteiger partial charge in [0.15, 0.2) is 0 Å². The highest BCUT2D eigenvalue weighted by Crippen LogP contribution is 2.42. The summed E-state index contributed by atoms with van der Waals surface area (Å²) in [4.78, 5) is 0. The minimum Gasteiger partial charge on any atom is -0.472 e. The zero-order valence-corrected chi connectivity index (χ0v) is 10.6. The van der Waals surface area contributed by atoms with Crippen molar-refractivity contribution in [2.45, 2.75) is 37.7 Å². The van der Waals surface area contributed by atoms with E-state index < -0.39 is 5.60 Å². The molecule has 0 aliphatic heterocycles. The van der Waals surface area contributed by atoms with Gasteiger partial charge in [-0.2, -0.15) is 0 Å². The van der Waals surface area contributed by atoms with Crippen LogP contribution in [0.5, 0.6) is 0 Å². The van der Waals surface area contributed by atoms with Crippen molar-refractivity contribution in [3.63, 3.8) is 0 Å². The second-order valence-corrected chi connectivity index (χ2v) is 5.30. The van der Waals surface area contributed by atoms with Gasteiger partial charge < -0.3 is 9.52 Å². The molecular formula is C16H18O2. The first-order chi connectivity index (χ1) is 8.69. The second-order valence-electron chi connectivity index (χ2n) is 5.30. The third kappa shape index (κ3) is 1.77. The molecular weight excluding hydrogens is 224 g/mol. The molecule has 0 bridgehead atoms. The number of hydrogen-bond acceptors (Lipinski definition) is 2. The summed E-state index contributed by atoms with van der Waals surface area (Å²) in [6, 6.07) is 10.1. The SMILES string of the molecule is CC(O)(c1ccoc1)c1ccccc1C1CCC1. The number of furan rings is 1. The quantitative estimate of drug-likeness (QED) is 0.888. The topological polar surface area (TPSA) is 33.4 Å². The average molecular weight is 242 g/mol. The number of rotatable bonds is 3. The van der Waals surface area contributed by atoms with Crippen LogP contribution >= 0.6 is 0 Å². The van der Waals surface area contributed by atoms with Crippen molar-refractivity contribution >= 4 is 0 Å². The normalized spacial score (nSPS) is 19.2. The summed E-state index contributed by atoms with van der Waals surface area (Å²) in [5, 5.41) is 10.8. The second kappa shape index (κ2) is 4.29. The van der Waals surface area contributed by atoms with E-state index in [0.29, 0.717) is 5.92 Å². The van der Waals surface area contributed by atoms with E-state index in [1.54, 1.807) is 12.5 Å². The first kappa shape index (κ1) is 11.5. The summed E-state index contributed by atoms with van der Waals surface area (Å²) >= 11 is 0. The van der Waals surface area contributed by atoms with E-state index in [1.165, 1.54) is 24.8 Å². The van der Waals surface area contributed by atoms with Crippen LogP contribution in [0.2, 0.25) is 0 Å². The minimum absolute atomic E-state index is 0.611. The van der Waals surface area contributed by atoms with Crippen LogP contribution in [-0.2, 0) is 5.60 Å². The molecule has 1 saturated carbocycles. The molecule has 0 radical (unpaired) electrons. The molecule has 0 saturated heterocycles. The molecule has 1 aromatic heterocycles. The third-order valence-electron chi connectivity index (χ3n) is 4.11. The maximum absolute atomic E-state index is 10.8. The van der Waals surface area contributed by atoms with E-state index >= 15 is 0 Å². The average Bonchev–Trinajstić information content (AvgIpc) is 2.81. The van der Waals surface area contributed by atoms with E-state index in [9.17, 15) is 5.11 Å². The highest BCUT2D eigenvalue weighted by atomic mass is 16.3. The van der Waals surface area contributed by atoms with Gasteiger partial charge in [-0.1, -0.05) is 30.7 Å². The molecule has 2 heteroatoms. The molecule has 1 unspecified atom stereocenters. The highest BCUT2D eigenvalue weighted by molar-refractivity contribution is 5.41. The molecule has 1 heterocycles. The van der Waals surface area contributed by atoms with Crippen molar-refractivity contribution < 1.29 is 9.52 Å². The molecule has 1 aromatic carbocycles. The van der Waals surface area contributed by atoms with Crippen LogP contribution in [0, 0.1) is 0 Å².